The Morgan fingerprint density at radius 3 is 2.24 bits per heavy atom. The topological polar surface area (TPSA) is 64.4 Å². The average molecular weight is 602 g/mol. The summed E-state index contributed by atoms with van der Waals surface area (Å²) in [7, 11) is 0. The first kappa shape index (κ1) is 30.5. The van der Waals surface area contributed by atoms with Crippen LogP contribution in [0.1, 0.15) is 38.5 Å². The molecule has 0 saturated carbocycles. The second-order valence-corrected chi connectivity index (χ2v) is 9.12. The highest BCUT2D eigenvalue weighted by molar-refractivity contribution is 5.93. The van der Waals surface area contributed by atoms with Gasteiger partial charge in [0.05, 0.1) is 16.8 Å². The summed E-state index contributed by atoms with van der Waals surface area (Å²) in [5, 5.41) is 2.47. The molecule has 1 atom stereocenters. The smallest absolute Gasteiger partial charge is 0.438 e. The van der Waals surface area contributed by atoms with Gasteiger partial charge in [-0.05, 0) is 47.9 Å². The van der Waals surface area contributed by atoms with Crippen molar-refractivity contribution in [2.75, 3.05) is 0 Å². The summed E-state index contributed by atoms with van der Waals surface area (Å²) < 4.78 is 133. The molecule has 0 bridgehead atoms. The number of carbonyl (C=O) groups excluding carboxylic acids is 1. The third-order valence-electron chi connectivity index (χ3n) is 6.23. The summed E-state index contributed by atoms with van der Waals surface area (Å²) in [6.45, 7) is 1.37. The Morgan fingerprint density at radius 1 is 0.952 bits per heavy atom. The van der Waals surface area contributed by atoms with Crippen LogP contribution in [0.3, 0.4) is 0 Å². The molecular weight excluding hydrogens is 583 g/mol. The molecule has 3 aromatic carbocycles. The molecule has 0 fully saturated rings. The van der Waals surface area contributed by atoms with Gasteiger partial charge in [0.15, 0.2) is 6.39 Å². The lowest BCUT2D eigenvalue weighted by molar-refractivity contribution is -0.253. The van der Waals surface area contributed by atoms with Gasteiger partial charge in [-0.3, -0.25) is 4.79 Å². The minimum absolute atomic E-state index is 0.0519. The normalized spacial score (nSPS) is 13.6. The number of rotatable bonds is 9. The molecule has 0 aliphatic heterocycles. The Morgan fingerprint density at radius 2 is 1.64 bits per heavy atom. The van der Waals surface area contributed by atoms with E-state index in [9.17, 15) is 44.3 Å². The molecule has 0 unspecified atom stereocenters. The van der Waals surface area contributed by atoms with Gasteiger partial charge in [-0.2, -0.15) is 30.7 Å². The molecule has 1 aromatic heterocycles. The van der Waals surface area contributed by atoms with Gasteiger partial charge < -0.3 is 14.5 Å². The number of alkyl halides is 7. The van der Waals surface area contributed by atoms with Crippen molar-refractivity contribution in [1.82, 2.24) is 10.3 Å². The van der Waals surface area contributed by atoms with E-state index in [2.05, 4.69) is 15.0 Å². The monoisotopic (exact) mass is 602 g/mol. The first-order valence-electron chi connectivity index (χ1n) is 11.9. The largest absolute Gasteiger partial charge is 0.461 e. The summed E-state index contributed by atoms with van der Waals surface area (Å²) in [4.78, 5) is 17.2. The fourth-order valence-corrected chi connectivity index (χ4v) is 4.31. The minimum Gasteiger partial charge on any atom is -0.438 e. The van der Waals surface area contributed by atoms with E-state index in [0.29, 0.717) is 35.9 Å². The molecule has 42 heavy (non-hydrogen) atoms. The van der Waals surface area contributed by atoms with E-state index in [1.54, 1.807) is 6.07 Å². The summed E-state index contributed by atoms with van der Waals surface area (Å²) in [5.74, 6) is -5.60. The zero-order valence-corrected chi connectivity index (χ0v) is 21.3. The fraction of sp³-hybridized carbons (Fsp3) is 0.214. The van der Waals surface area contributed by atoms with Crippen molar-refractivity contribution in [1.29, 1.82) is 0 Å². The van der Waals surface area contributed by atoms with Gasteiger partial charge in [-0.15, -0.1) is 0 Å². The number of ether oxygens (including phenoxy) is 1. The van der Waals surface area contributed by atoms with Crippen LogP contribution in [0.25, 0.3) is 0 Å². The number of nitrogens with one attached hydrogen (secondary N) is 1. The van der Waals surface area contributed by atoms with Gasteiger partial charge in [0.1, 0.15) is 17.4 Å². The quantitative estimate of drug-likeness (QED) is 0.203. The lowest BCUT2D eigenvalue weighted by Crippen LogP contribution is -2.49. The van der Waals surface area contributed by atoms with Gasteiger partial charge in [-0.25, -0.2) is 13.8 Å². The van der Waals surface area contributed by atoms with E-state index in [4.69, 9.17) is 4.42 Å². The minimum atomic E-state index is -5.22. The Hall–Kier alpha value is -4.49. The van der Waals surface area contributed by atoms with E-state index >= 15 is 0 Å². The van der Waals surface area contributed by atoms with Gasteiger partial charge in [0.2, 0.25) is 5.76 Å². The third kappa shape index (κ3) is 6.37. The van der Waals surface area contributed by atoms with Crippen LogP contribution in [0.4, 0.5) is 39.5 Å². The second-order valence-electron chi connectivity index (χ2n) is 9.12. The number of amides is 1. The van der Waals surface area contributed by atoms with E-state index < -0.39 is 76.4 Å². The van der Waals surface area contributed by atoms with Crippen molar-refractivity contribution in [3.05, 3.63) is 118 Å². The van der Waals surface area contributed by atoms with Crippen LogP contribution in [0.15, 0.2) is 77.5 Å². The first-order chi connectivity index (χ1) is 19.6. The van der Waals surface area contributed by atoms with Crippen LogP contribution in [-0.2, 0) is 18.1 Å². The summed E-state index contributed by atoms with van der Waals surface area (Å²) in [6, 6.07) is 11.1. The van der Waals surface area contributed by atoms with E-state index in [1.165, 1.54) is 31.2 Å². The number of aromatic nitrogens is 1. The van der Waals surface area contributed by atoms with Crippen molar-refractivity contribution in [2.24, 2.45) is 0 Å². The van der Waals surface area contributed by atoms with E-state index in [-0.39, 0.29) is 5.69 Å². The summed E-state index contributed by atoms with van der Waals surface area (Å²) in [5.41, 5.74) is -4.63. The van der Waals surface area contributed by atoms with Crippen LogP contribution in [0, 0.1) is 18.6 Å². The molecule has 0 radical (unpaired) electrons. The molecule has 1 heterocycles. The molecule has 0 aliphatic rings. The van der Waals surface area contributed by atoms with Crippen molar-refractivity contribution in [3.63, 3.8) is 0 Å². The number of nitrogens with zero attached hydrogens (tertiary/aromatic N) is 1. The molecule has 0 aliphatic carbocycles. The predicted molar refractivity (Wildman–Crippen MR) is 129 cm³/mol. The van der Waals surface area contributed by atoms with Crippen molar-refractivity contribution >= 4 is 5.91 Å². The van der Waals surface area contributed by atoms with Crippen LogP contribution in [-0.4, -0.2) is 23.4 Å². The molecule has 1 N–H and O–H groups in total. The SMILES string of the molecule is Cc1ncoc1C(=O)N[C@@](Cc1ccccc1)(c1cc(F)cc(OC(F)(F)C(F)F)c1)c1ccc(F)c(C(F)(F)F)c1. The standard InChI is InChI=1S/C28H19F9N2O3/c1-15-23(41-14-38-15)24(40)39-26(13-16-5-3-2-4-6-16,17-7-8-22(30)21(11-17)27(33,34)35)18-9-19(29)12-20(10-18)42-28(36,37)25(31)32/h2-12,14,25H,13H2,1H3,(H,39,40)/t26-/m1/s1. The van der Waals surface area contributed by atoms with E-state index in [0.717, 1.165) is 12.5 Å². The summed E-state index contributed by atoms with van der Waals surface area (Å²) >= 11 is 0. The number of oxazole rings is 1. The van der Waals surface area contributed by atoms with Gasteiger partial charge >= 0.3 is 18.7 Å². The number of carbonyl (C=O) groups is 1. The van der Waals surface area contributed by atoms with Crippen molar-refractivity contribution in [3.8, 4) is 5.75 Å². The molecule has 4 rings (SSSR count). The van der Waals surface area contributed by atoms with Crippen LogP contribution in [0.2, 0.25) is 0 Å². The van der Waals surface area contributed by atoms with Gasteiger partial charge in [0, 0.05) is 12.5 Å². The van der Waals surface area contributed by atoms with Crippen molar-refractivity contribution < 1.29 is 53.5 Å². The Balaban J connectivity index is 2.03. The number of hydrogen-bond acceptors (Lipinski definition) is 4. The molecule has 5 nitrogen and oxygen atoms in total. The highest BCUT2D eigenvalue weighted by Crippen LogP contribution is 2.41. The number of benzene rings is 3. The van der Waals surface area contributed by atoms with Gasteiger partial charge in [-0.1, -0.05) is 36.4 Å². The molecule has 222 valence electrons. The number of hydrogen-bond donors (Lipinski definition) is 1. The fourth-order valence-electron chi connectivity index (χ4n) is 4.31. The highest BCUT2D eigenvalue weighted by Gasteiger charge is 2.45. The number of aryl methyl sites for hydroxylation is 1. The maximum absolute atomic E-state index is 14.9. The predicted octanol–water partition coefficient (Wildman–Crippen LogP) is 7.43. The Kier molecular flexibility index (Phi) is 8.28. The number of halogens is 9. The maximum Gasteiger partial charge on any atom is 0.461 e. The molecule has 0 saturated heterocycles. The molecular formula is C28H19F9N2O3. The lowest BCUT2D eigenvalue weighted by atomic mass is 9.77. The molecule has 0 spiro atoms. The molecule has 4 aromatic rings. The summed E-state index contributed by atoms with van der Waals surface area (Å²) in [6.07, 6.45) is -14.2. The highest BCUT2D eigenvalue weighted by atomic mass is 19.4. The molecule has 1 amide bonds. The molecule has 14 heteroatoms. The van der Waals surface area contributed by atoms with Crippen LogP contribution < -0.4 is 10.1 Å². The van der Waals surface area contributed by atoms with Crippen molar-refractivity contribution in [2.45, 2.75) is 37.6 Å². The van der Waals surface area contributed by atoms with Crippen LogP contribution >= 0.6 is 0 Å². The lowest BCUT2D eigenvalue weighted by Gasteiger charge is -2.37. The Bertz CT molecular complexity index is 1570. The van der Waals surface area contributed by atoms with E-state index in [1.807, 2.05) is 0 Å². The second kappa shape index (κ2) is 11.4. The maximum atomic E-state index is 14.9. The Labute approximate surface area is 231 Å². The first-order valence-corrected chi connectivity index (χ1v) is 11.9. The third-order valence-corrected chi connectivity index (χ3v) is 6.23. The average Bonchev–Trinajstić information content (AvgIpc) is 3.33. The van der Waals surface area contributed by atoms with Gasteiger partial charge in [0.25, 0.3) is 5.91 Å². The van der Waals surface area contributed by atoms with Crippen LogP contribution in [0.5, 0.6) is 5.75 Å². The zero-order chi connectivity index (χ0) is 30.9. The zero-order valence-electron chi connectivity index (χ0n) is 21.3.